The number of sulfonamides is 1. The van der Waals surface area contributed by atoms with Crippen LogP contribution in [0.25, 0.3) is 0 Å². The molecule has 4 rings (SSSR count). The van der Waals surface area contributed by atoms with E-state index >= 15 is 0 Å². The average Bonchev–Trinajstić information content (AvgIpc) is 2.95. The number of allylic oxidation sites excluding steroid dienone is 1. The molecule has 10 nitrogen and oxygen atoms in total. The second-order valence-corrected chi connectivity index (χ2v) is 13.1. The van der Waals surface area contributed by atoms with Crippen molar-refractivity contribution in [3.63, 3.8) is 0 Å². The maximum Gasteiger partial charge on any atom is 0.416 e. The Morgan fingerprint density at radius 3 is 2.12 bits per heavy atom. The van der Waals surface area contributed by atoms with Gasteiger partial charge in [0.1, 0.15) is 11.8 Å². The number of hydrogen-bond acceptors (Lipinski definition) is 8. The highest BCUT2D eigenvalue weighted by Gasteiger charge is 2.48. The van der Waals surface area contributed by atoms with Crippen molar-refractivity contribution >= 4 is 31.6 Å². The molecule has 1 aliphatic rings. The van der Waals surface area contributed by atoms with Crippen molar-refractivity contribution in [2.24, 2.45) is 0 Å². The van der Waals surface area contributed by atoms with E-state index in [1.807, 2.05) is 6.07 Å². The second kappa shape index (κ2) is 11.1. The van der Waals surface area contributed by atoms with Gasteiger partial charge in [-0.15, -0.1) is 0 Å². The van der Waals surface area contributed by atoms with Gasteiger partial charge < -0.3 is 4.74 Å². The summed E-state index contributed by atoms with van der Waals surface area (Å²) >= 11 is 0. The lowest BCUT2D eigenvalue weighted by atomic mass is 9.94. The summed E-state index contributed by atoms with van der Waals surface area (Å²) in [7, 11) is -7.78. The number of carbonyl (C=O) groups is 1. The number of hydrogen-bond donors (Lipinski definition) is 0. The van der Waals surface area contributed by atoms with E-state index in [0.29, 0.717) is 11.0 Å². The highest BCUT2D eigenvalue weighted by Crippen LogP contribution is 2.44. The number of methoxy groups -OCH3 is 1. The standard InChI is InChI=1S/C28H21F3N4O6S2/c1-17-24(16-33)26(23-12-7-18(15-32)13-25(23)42(3,37)38)35(43(39,40)22-10-8-21(41-2)9-11-22)27(36)34(17)20-6-4-5-19(14-20)28(29,30)31/h4-14,26H,1-3H3/t26-/m1/s1. The van der Waals surface area contributed by atoms with Crippen LogP contribution in [0.5, 0.6) is 5.75 Å². The molecule has 1 aliphatic heterocycles. The maximum atomic E-state index is 14.2. The van der Waals surface area contributed by atoms with Gasteiger partial charge in [0.2, 0.25) is 0 Å². The summed E-state index contributed by atoms with van der Waals surface area (Å²) in [4.78, 5) is 13.9. The van der Waals surface area contributed by atoms with Crippen LogP contribution in [-0.2, 0) is 26.0 Å². The fourth-order valence-corrected chi connectivity index (χ4v) is 7.03. The molecule has 0 aromatic heterocycles. The molecule has 0 saturated carbocycles. The van der Waals surface area contributed by atoms with E-state index < -0.39 is 59.0 Å². The molecular formula is C28H21F3N4O6S2. The summed E-state index contributed by atoms with van der Waals surface area (Å²) < 4.78 is 100. The first-order valence-electron chi connectivity index (χ1n) is 12.1. The first-order valence-corrected chi connectivity index (χ1v) is 15.4. The number of amides is 2. The average molecular weight is 631 g/mol. The van der Waals surface area contributed by atoms with Gasteiger partial charge in [0, 0.05) is 12.0 Å². The lowest BCUT2D eigenvalue weighted by molar-refractivity contribution is -0.137. The zero-order chi connectivity index (χ0) is 31.9. The number of carbonyl (C=O) groups excluding carboxylic acids is 1. The van der Waals surface area contributed by atoms with Crippen LogP contribution in [0.15, 0.2) is 87.8 Å². The molecular weight excluding hydrogens is 609 g/mol. The lowest BCUT2D eigenvalue weighted by Gasteiger charge is -2.41. The molecule has 0 N–H and O–H groups in total. The topological polar surface area (TPSA) is 149 Å². The van der Waals surface area contributed by atoms with E-state index in [1.54, 1.807) is 6.07 Å². The first-order chi connectivity index (χ1) is 20.1. The molecule has 0 bridgehead atoms. The van der Waals surface area contributed by atoms with Crippen LogP contribution in [0, 0.1) is 22.7 Å². The number of sulfone groups is 1. The summed E-state index contributed by atoms with van der Waals surface area (Å²) in [6, 6.07) is 12.0. The van der Waals surface area contributed by atoms with E-state index in [0.717, 1.165) is 48.7 Å². The van der Waals surface area contributed by atoms with Crippen LogP contribution in [0.3, 0.4) is 0 Å². The number of ether oxygens (including phenoxy) is 1. The van der Waals surface area contributed by atoms with Crippen molar-refractivity contribution in [1.29, 1.82) is 10.5 Å². The van der Waals surface area contributed by atoms with Crippen molar-refractivity contribution in [3.05, 3.63) is 94.7 Å². The molecule has 222 valence electrons. The van der Waals surface area contributed by atoms with Crippen LogP contribution < -0.4 is 9.64 Å². The minimum absolute atomic E-state index is 0.0966. The Kier molecular flexibility index (Phi) is 8.02. The molecule has 3 aromatic rings. The third kappa shape index (κ3) is 5.64. The number of nitriles is 2. The predicted molar refractivity (Wildman–Crippen MR) is 147 cm³/mol. The molecule has 2 amide bonds. The lowest BCUT2D eigenvalue weighted by Crippen LogP contribution is -2.52. The number of alkyl halides is 3. The number of urea groups is 1. The normalized spacial score (nSPS) is 16.1. The Labute approximate surface area is 245 Å². The van der Waals surface area contributed by atoms with Crippen LogP contribution in [-0.4, -0.2) is 40.5 Å². The Bertz CT molecular complexity index is 1960. The van der Waals surface area contributed by atoms with E-state index in [2.05, 4.69) is 0 Å². The number of nitrogens with zero attached hydrogens (tertiary/aromatic N) is 4. The highest BCUT2D eigenvalue weighted by atomic mass is 32.2. The monoisotopic (exact) mass is 630 g/mol. The largest absolute Gasteiger partial charge is 0.497 e. The number of rotatable bonds is 6. The van der Waals surface area contributed by atoms with Gasteiger partial charge in [-0.25, -0.2) is 25.9 Å². The van der Waals surface area contributed by atoms with E-state index in [9.17, 15) is 45.3 Å². The van der Waals surface area contributed by atoms with Gasteiger partial charge in [-0.2, -0.15) is 23.7 Å². The maximum absolute atomic E-state index is 14.2. The molecule has 0 spiro atoms. The van der Waals surface area contributed by atoms with Crippen molar-refractivity contribution < 1.29 is 39.5 Å². The zero-order valence-electron chi connectivity index (χ0n) is 22.6. The zero-order valence-corrected chi connectivity index (χ0v) is 24.2. The van der Waals surface area contributed by atoms with Gasteiger partial charge in [0.25, 0.3) is 10.0 Å². The molecule has 1 heterocycles. The summed E-state index contributed by atoms with van der Waals surface area (Å²) in [5.74, 6) is 0.269. The van der Waals surface area contributed by atoms with Gasteiger partial charge >= 0.3 is 12.2 Å². The minimum Gasteiger partial charge on any atom is -0.497 e. The van der Waals surface area contributed by atoms with Crippen molar-refractivity contribution in [3.8, 4) is 17.9 Å². The van der Waals surface area contributed by atoms with Crippen LogP contribution in [0.2, 0.25) is 0 Å². The molecule has 3 aromatic carbocycles. The molecule has 0 fully saturated rings. The van der Waals surface area contributed by atoms with Crippen LogP contribution in [0.1, 0.15) is 29.7 Å². The minimum atomic E-state index is -4.94. The molecule has 1 atom stereocenters. The summed E-state index contributed by atoms with van der Waals surface area (Å²) in [5.41, 5.74) is -2.61. The van der Waals surface area contributed by atoms with Crippen molar-refractivity contribution in [2.75, 3.05) is 18.3 Å². The third-order valence-corrected chi connectivity index (χ3v) is 9.52. The Morgan fingerprint density at radius 2 is 1.58 bits per heavy atom. The summed E-state index contributed by atoms with van der Waals surface area (Å²) in [5, 5.41) is 19.6. The van der Waals surface area contributed by atoms with Crippen molar-refractivity contribution in [2.45, 2.75) is 28.9 Å². The van der Waals surface area contributed by atoms with Gasteiger partial charge in [-0.05, 0) is 67.1 Å². The van der Waals surface area contributed by atoms with E-state index in [4.69, 9.17) is 4.74 Å². The van der Waals surface area contributed by atoms with Crippen LogP contribution >= 0.6 is 0 Å². The Morgan fingerprint density at radius 1 is 0.930 bits per heavy atom. The van der Waals surface area contributed by atoms with Crippen LogP contribution in [0.4, 0.5) is 23.7 Å². The van der Waals surface area contributed by atoms with E-state index in [1.165, 1.54) is 32.2 Å². The predicted octanol–water partition coefficient (Wildman–Crippen LogP) is 5.16. The smallest absolute Gasteiger partial charge is 0.416 e. The highest BCUT2D eigenvalue weighted by molar-refractivity contribution is 7.91. The third-order valence-electron chi connectivity index (χ3n) is 6.62. The SMILES string of the molecule is COc1ccc(S(=O)(=O)N2C(=O)N(c3cccc(C(F)(F)F)c3)C(C)=C(C#N)[C@H]2c2ccc(C#N)cc2S(C)(=O)=O)cc1. The first kappa shape index (κ1) is 31.1. The van der Waals surface area contributed by atoms with E-state index in [-0.39, 0.29) is 32.6 Å². The van der Waals surface area contributed by atoms with Gasteiger partial charge in [0.15, 0.2) is 9.84 Å². The number of anilines is 1. The molecule has 0 unspecified atom stereocenters. The summed E-state index contributed by atoms with van der Waals surface area (Å²) in [6.45, 7) is 1.23. The fraction of sp³-hybridized carbons (Fsp3) is 0.179. The molecule has 0 saturated heterocycles. The fourth-order valence-electron chi connectivity index (χ4n) is 4.59. The summed E-state index contributed by atoms with van der Waals surface area (Å²) in [6.07, 6.45) is -4.01. The quantitative estimate of drug-likeness (QED) is 0.363. The Balaban J connectivity index is 2.10. The van der Waals surface area contributed by atoms with Crippen molar-refractivity contribution in [1.82, 2.24) is 4.31 Å². The number of halogens is 3. The molecule has 0 aliphatic carbocycles. The Hall–Kier alpha value is -4.86. The van der Waals surface area contributed by atoms with Gasteiger partial charge in [-0.3, -0.25) is 4.90 Å². The second-order valence-electron chi connectivity index (χ2n) is 9.29. The molecule has 15 heteroatoms. The molecule has 43 heavy (non-hydrogen) atoms. The van der Waals surface area contributed by atoms with Gasteiger partial charge in [-0.1, -0.05) is 12.1 Å². The molecule has 0 radical (unpaired) electrons. The number of benzene rings is 3. The van der Waals surface area contributed by atoms with Gasteiger partial charge in [0.05, 0.1) is 51.4 Å².